The largest absolute Gasteiger partial charge is 0.457 e. The topological polar surface area (TPSA) is 89.0 Å². The lowest BCUT2D eigenvalue weighted by atomic mass is 10.1. The fourth-order valence-electron chi connectivity index (χ4n) is 1.62. The normalized spacial score (nSPS) is 9.95. The lowest BCUT2D eigenvalue weighted by Crippen LogP contribution is -2.10. The van der Waals surface area contributed by atoms with Crippen molar-refractivity contribution in [1.82, 2.24) is 4.98 Å². The number of anilines is 1. The highest BCUT2D eigenvalue weighted by Crippen LogP contribution is 2.18. The Bertz CT molecular complexity index is 741. The van der Waals surface area contributed by atoms with Crippen LogP contribution in [0, 0.1) is 23.0 Å². The molecule has 0 saturated carbocycles. The van der Waals surface area contributed by atoms with Gasteiger partial charge in [-0.3, -0.25) is 0 Å². The van der Waals surface area contributed by atoms with Gasteiger partial charge in [-0.05, 0) is 12.1 Å². The van der Waals surface area contributed by atoms with Gasteiger partial charge in [-0.15, -0.1) is 0 Å². The predicted molar refractivity (Wildman–Crippen MR) is 68.8 cm³/mol. The van der Waals surface area contributed by atoms with E-state index >= 15 is 0 Å². The van der Waals surface area contributed by atoms with Crippen molar-refractivity contribution in [2.24, 2.45) is 0 Å². The van der Waals surface area contributed by atoms with Crippen LogP contribution in [0.4, 0.5) is 14.5 Å². The molecule has 0 amide bonds. The van der Waals surface area contributed by atoms with Gasteiger partial charge < -0.3 is 10.5 Å². The zero-order chi connectivity index (χ0) is 15.4. The van der Waals surface area contributed by atoms with Crippen LogP contribution in [0.1, 0.15) is 21.6 Å². The summed E-state index contributed by atoms with van der Waals surface area (Å²) < 4.78 is 31.0. The first-order chi connectivity index (χ1) is 10.0. The molecule has 0 aliphatic heterocycles. The monoisotopic (exact) mass is 289 g/mol. The highest BCUT2D eigenvalue weighted by Gasteiger charge is 2.16. The van der Waals surface area contributed by atoms with Crippen LogP contribution in [0.3, 0.4) is 0 Å². The predicted octanol–water partition coefficient (Wildman–Crippen LogP) is 2.17. The molecule has 1 aromatic carbocycles. The molecule has 7 heteroatoms. The van der Waals surface area contributed by atoms with Crippen LogP contribution in [0.5, 0.6) is 0 Å². The second-order valence-corrected chi connectivity index (χ2v) is 4.05. The van der Waals surface area contributed by atoms with Gasteiger partial charge in [0.1, 0.15) is 18.4 Å². The summed E-state index contributed by atoms with van der Waals surface area (Å²) in [5.41, 5.74) is 5.44. The molecule has 0 saturated heterocycles. The third kappa shape index (κ3) is 3.12. The Balaban J connectivity index is 2.16. The van der Waals surface area contributed by atoms with Crippen LogP contribution in [-0.2, 0) is 11.3 Å². The van der Waals surface area contributed by atoms with Crippen LogP contribution in [-0.4, -0.2) is 11.0 Å². The molecule has 2 aromatic rings. The van der Waals surface area contributed by atoms with E-state index in [4.69, 9.17) is 15.7 Å². The highest BCUT2D eigenvalue weighted by atomic mass is 19.2. The minimum atomic E-state index is -1.20. The SMILES string of the molecule is N#Cc1ncccc1COC(=O)c1cc(F)c(F)cc1N. The zero-order valence-electron chi connectivity index (χ0n) is 10.6. The van der Waals surface area contributed by atoms with E-state index in [9.17, 15) is 13.6 Å². The van der Waals surface area contributed by atoms with Crippen molar-refractivity contribution in [3.8, 4) is 6.07 Å². The second kappa shape index (κ2) is 5.96. The van der Waals surface area contributed by atoms with Crippen molar-refractivity contribution in [3.63, 3.8) is 0 Å². The van der Waals surface area contributed by atoms with E-state index in [0.29, 0.717) is 17.7 Å². The zero-order valence-corrected chi connectivity index (χ0v) is 10.6. The van der Waals surface area contributed by atoms with Crippen LogP contribution in [0.15, 0.2) is 30.5 Å². The number of nitrogens with two attached hydrogens (primary N) is 1. The molecule has 106 valence electrons. The van der Waals surface area contributed by atoms with Crippen LogP contribution in [0.25, 0.3) is 0 Å². The molecule has 0 unspecified atom stereocenters. The standard InChI is InChI=1S/C14H9F2N3O2/c15-10-4-9(12(18)5-11(10)16)14(20)21-7-8-2-1-3-19-13(8)6-17/h1-5H,7,18H2. The number of ether oxygens (including phenoxy) is 1. The van der Waals surface area contributed by atoms with Gasteiger partial charge in [-0.1, -0.05) is 6.07 Å². The van der Waals surface area contributed by atoms with Gasteiger partial charge >= 0.3 is 5.97 Å². The van der Waals surface area contributed by atoms with E-state index < -0.39 is 17.6 Å². The van der Waals surface area contributed by atoms with Crippen molar-refractivity contribution in [3.05, 3.63) is 58.9 Å². The number of aromatic nitrogens is 1. The van der Waals surface area contributed by atoms with Gasteiger partial charge in [0, 0.05) is 23.5 Å². The molecule has 0 atom stereocenters. The van der Waals surface area contributed by atoms with Crippen molar-refractivity contribution < 1.29 is 18.3 Å². The van der Waals surface area contributed by atoms with Crippen LogP contribution in [0.2, 0.25) is 0 Å². The molecule has 0 aliphatic rings. The highest BCUT2D eigenvalue weighted by molar-refractivity contribution is 5.95. The fourth-order valence-corrected chi connectivity index (χ4v) is 1.62. The third-order valence-corrected chi connectivity index (χ3v) is 2.67. The number of nitriles is 1. The quantitative estimate of drug-likeness (QED) is 0.691. The first kappa shape index (κ1) is 14.4. The minimum absolute atomic E-state index is 0.114. The van der Waals surface area contributed by atoms with Crippen LogP contribution < -0.4 is 5.73 Å². The van der Waals surface area contributed by atoms with E-state index in [1.54, 1.807) is 12.1 Å². The Kier molecular flexibility index (Phi) is 4.09. The molecule has 0 radical (unpaired) electrons. The molecule has 1 heterocycles. The van der Waals surface area contributed by atoms with E-state index in [-0.39, 0.29) is 23.6 Å². The number of pyridine rings is 1. The van der Waals surface area contributed by atoms with Crippen molar-refractivity contribution in [2.45, 2.75) is 6.61 Å². The fraction of sp³-hybridized carbons (Fsp3) is 0.0714. The second-order valence-electron chi connectivity index (χ2n) is 4.05. The first-order valence-corrected chi connectivity index (χ1v) is 5.78. The van der Waals surface area contributed by atoms with Gasteiger partial charge in [0.2, 0.25) is 0 Å². The van der Waals surface area contributed by atoms with Gasteiger partial charge in [-0.2, -0.15) is 5.26 Å². The average Bonchev–Trinajstić information content (AvgIpc) is 2.48. The molecular weight excluding hydrogens is 280 g/mol. The van der Waals surface area contributed by atoms with Crippen molar-refractivity contribution in [2.75, 3.05) is 5.73 Å². The summed E-state index contributed by atoms with van der Waals surface area (Å²) >= 11 is 0. The van der Waals surface area contributed by atoms with Crippen molar-refractivity contribution in [1.29, 1.82) is 5.26 Å². The molecule has 2 rings (SSSR count). The molecule has 21 heavy (non-hydrogen) atoms. The summed E-state index contributed by atoms with van der Waals surface area (Å²) in [4.78, 5) is 15.6. The van der Waals surface area contributed by atoms with Crippen molar-refractivity contribution >= 4 is 11.7 Å². The number of nitrogen functional groups attached to an aromatic ring is 1. The number of carbonyl (C=O) groups excluding carboxylic acids is 1. The molecule has 0 bridgehead atoms. The number of hydrogen-bond donors (Lipinski definition) is 1. The van der Waals surface area contributed by atoms with E-state index in [0.717, 1.165) is 0 Å². The average molecular weight is 289 g/mol. The van der Waals surface area contributed by atoms with Gasteiger partial charge in [0.25, 0.3) is 0 Å². The molecule has 1 aromatic heterocycles. The summed E-state index contributed by atoms with van der Waals surface area (Å²) in [5.74, 6) is -3.27. The minimum Gasteiger partial charge on any atom is -0.457 e. The number of carbonyl (C=O) groups is 1. The van der Waals surface area contributed by atoms with E-state index in [2.05, 4.69) is 4.98 Å². The Hall–Kier alpha value is -3.01. The molecular formula is C14H9F2N3O2. The molecule has 0 aliphatic carbocycles. The summed E-state index contributed by atoms with van der Waals surface area (Å²) in [6.45, 7) is -0.228. The number of nitrogens with zero attached hydrogens (tertiary/aromatic N) is 2. The maximum absolute atomic E-state index is 13.1. The number of rotatable bonds is 3. The number of benzene rings is 1. The lowest BCUT2D eigenvalue weighted by Gasteiger charge is -2.08. The smallest absolute Gasteiger partial charge is 0.340 e. The summed E-state index contributed by atoms with van der Waals surface area (Å²) in [6, 6.07) is 6.37. The Labute approximate surface area is 118 Å². The molecule has 0 spiro atoms. The van der Waals surface area contributed by atoms with E-state index in [1.165, 1.54) is 6.20 Å². The van der Waals surface area contributed by atoms with Gasteiger partial charge in [-0.25, -0.2) is 18.6 Å². The summed E-state index contributed by atoms with van der Waals surface area (Å²) in [5, 5.41) is 8.85. The first-order valence-electron chi connectivity index (χ1n) is 5.78. The number of halogens is 2. The van der Waals surface area contributed by atoms with Gasteiger partial charge in [0.05, 0.1) is 5.56 Å². The maximum atomic E-state index is 13.1. The molecule has 5 nitrogen and oxygen atoms in total. The Morgan fingerprint density at radius 2 is 2.10 bits per heavy atom. The summed E-state index contributed by atoms with van der Waals surface area (Å²) in [7, 11) is 0. The lowest BCUT2D eigenvalue weighted by molar-refractivity contribution is 0.0472. The van der Waals surface area contributed by atoms with E-state index in [1.807, 2.05) is 6.07 Å². The Morgan fingerprint density at radius 3 is 2.81 bits per heavy atom. The maximum Gasteiger partial charge on any atom is 0.340 e. The summed E-state index contributed by atoms with van der Waals surface area (Å²) in [6.07, 6.45) is 1.43. The van der Waals surface area contributed by atoms with Crippen LogP contribution >= 0.6 is 0 Å². The van der Waals surface area contributed by atoms with Gasteiger partial charge in [0.15, 0.2) is 11.6 Å². The molecule has 0 fully saturated rings. The Morgan fingerprint density at radius 1 is 1.38 bits per heavy atom. The number of hydrogen-bond acceptors (Lipinski definition) is 5. The third-order valence-electron chi connectivity index (χ3n) is 2.67. The number of esters is 1. The molecule has 2 N–H and O–H groups in total.